The fourth-order valence-electron chi connectivity index (χ4n) is 4.00. The predicted octanol–water partition coefficient (Wildman–Crippen LogP) is 4.10. The zero-order valence-corrected chi connectivity index (χ0v) is 9.85. The molecule has 0 nitrogen and oxygen atoms in total. The van der Waals surface area contributed by atoms with Gasteiger partial charge >= 0.3 is 0 Å². The van der Waals surface area contributed by atoms with Gasteiger partial charge in [0.15, 0.2) is 0 Å². The van der Waals surface area contributed by atoms with Crippen LogP contribution in [0, 0.1) is 28.6 Å². The molecule has 2 fully saturated rings. The SMILES string of the molecule is CC(C)(C)C1C[C@@H]2CC[C@H]1C2(C)C. The van der Waals surface area contributed by atoms with Crippen molar-refractivity contribution in [2.45, 2.75) is 53.9 Å². The van der Waals surface area contributed by atoms with Crippen molar-refractivity contribution < 1.29 is 0 Å². The third kappa shape index (κ3) is 1.25. The van der Waals surface area contributed by atoms with E-state index in [9.17, 15) is 0 Å². The van der Waals surface area contributed by atoms with E-state index in [2.05, 4.69) is 34.6 Å². The Morgan fingerprint density at radius 3 is 1.92 bits per heavy atom. The molecule has 76 valence electrons. The fourth-order valence-corrected chi connectivity index (χ4v) is 4.00. The van der Waals surface area contributed by atoms with Crippen LogP contribution in [0.15, 0.2) is 0 Å². The average molecular weight is 180 g/mol. The van der Waals surface area contributed by atoms with E-state index in [0.29, 0.717) is 10.8 Å². The van der Waals surface area contributed by atoms with Crippen LogP contribution in [0.25, 0.3) is 0 Å². The lowest BCUT2D eigenvalue weighted by Gasteiger charge is -2.36. The standard InChI is InChI=1S/C13H24/c1-12(2,3)11-8-9-6-7-10(11)13(9,4)5/h9-11H,6-8H2,1-5H3/t9-,10+,11?/m0/s1. The van der Waals surface area contributed by atoms with E-state index < -0.39 is 0 Å². The van der Waals surface area contributed by atoms with Gasteiger partial charge in [-0.15, -0.1) is 0 Å². The van der Waals surface area contributed by atoms with E-state index in [1.54, 1.807) is 0 Å². The average Bonchev–Trinajstić information content (AvgIpc) is 2.39. The van der Waals surface area contributed by atoms with Gasteiger partial charge < -0.3 is 0 Å². The minimum absolute atomic E-state index is 0.539. The van der Waals surface area contributed by atoms with Crippen LogP contribution in [0.2, 0.25) is 0 Å². The second kappa shape index (κ2) is 2.52. The molecule has 0 aliphatic heterocycles. The molecule has 0 amide bonds. The Hall–Kier alpha value is 0. The molecule has 0 aromatic heterocycles. The fraction of sp³-hybridized carbons (Fsp3) is 1.00. The summed E-state index contributed by atoms with van der Waals surface area (Å²) >= 11 is 0. The van der Waals surface area contributed by atoms with Gasteiger partial charge in [0.25, 0.3) is 0 Å². The summed E-state index contributed by atoms with van der Waals surface area (Å²) < 4.78 is 0. The molecule has 0 N–H and O–H groups in total. The predicted molar refractivity (Wildman–Crippen MR) is 57.6 cm³/mol. The minimum Gasteiger partial charge on any atom is -0.0599 e. The summed E-state index contributed by atoms with van der Waals surface area (Å²) in [4.78, 5) is 0. The van der Waals surface area contributed by atoms with Crippen LogP contribution in [0.4, 0.5) is 0 Å². The van der Waals surface area contributed by atoms with Crippen molar-refractivity contribution >= 4 is 0 Å². The highest BCUT2D eigenvalue weighted by molar-refractivity contribution is 5.04. The van der Waals surface area contributed by atoms with Crippen molar-refractivity contribution in [1.29, 1.82) is 0 Å². The highest BCUT2D eigenvalue weighted by Crippen LogP contribution is 2.63. The third-order valence-electron chi connectivity index (χ3n) is 4.97. The molecule has 2 bridgehead atoms. The van der Waals surface area contributed by atoms with Crippen LogP contribution in [0.3, 0.4) is 0 Å². The number of hydrogen-bond acceptors (Lipinski definition) is 0. The first-order valence-corrected chi connectivity index (χ1v) is 5.83. The molecule has 0 aromatic carbocycles. The lowest BCUT2D eigenvalue weighted by molar-refractivity contribution is 0.135. The third-order valence-corrected chi connectivity index (χ3v) is 4.97. The molecule has 3 atom stereocenters. The van der Waals surface area contributed by atoms with Gasteiger partial charge in [0.1, 0.15) is 0 Å². The highest BCUT2D eigenvalue weighted by Gasteiger charge is 2.55. The van der Waals surface area contributed by atoms with E-state index in [1.807, 2.05) is 0 Å². The van der Waals surface area contributed by atoms with Gasteiger partial charge in [-0.1, -0.05) is 34.6 Å². The summed E-state index contributed by atoms with van der Waals surface area (Å²) in [7, 11) is 0. The number of hydrogen-bond donors (Lipinski definition) is 0. The summed E-state index contributed by atoms with van der Waals surface area (Å²) in [6.45, 7) is 12.3. The number of fused-ring (bicyclic) bond motifs is 2. The quantitative estimate of drug-likeness (QED) is 0.526. The molecule has 13 heavy (non-hydrogen) atoms. The van der Waals surface area contributed by atoms with Crippen molar-refractivity contribution in [3.63, 3.8) is 0 Å². The van der Waals surface area contributed by atoms with Crippen molar-refractivity contribution in [2.75, 3.05) is 0 Å². The Balaban J connectivity index is 2.23. The lowest BCUT2D eigenvalue weighted by Crippen LogP contribution is -2.28. The van der Waals surface area contributed by atoms with Crippen LogP contribution < -0.4 is 0 Å². The smallest absolute Gasteiger partial charge is 0.0295 e. The Morgan fingerprint density at radius 2 is 1.69 bits per heavy atom. The van der Waals surface area contributed by atoms with Crippen molar-refractivity contribution in [3.05, 3.63) is 0 Å². The van der Waals surface area contributed by atoms with Gasteiger partial charge in [-0.2, -0.15) is 0 Å². The van der Waals surface area contributed by atoms with E-state index in [0.717, 1.165) is 17.8 Å². The van der Waals surface area contributed by atoms with Crippen LogP contribution >= 0.6 is 0 Å². The molecule has 0 saturated heterocycles. The number of rotatable bonds is 0. The van der Waals surface area contributed by atoms with Crippen LogP contribution in [0.5, 0.6) is 0 Å². The first-order chi connectivity index (χ1) is 5.83. The maximum Gasteiger partial charge on any atom is -0.0295 e. The highest BCUT2D eigenvalue weighted by atomic mass is 14.6. The second-order valence-corrected chi connectivity index (χ2v) is 6.91. The first-order valence-electron chi connectivity index (χ1n) is 5.83. The van der Waals surface area contributed by atoms with Gasteiger partial charge in [-0.3, -0.25) is 0 Å². The van der Waals surface area contributed by atoms with Crippen LogP contribution in [-0.2, 0) is 0 Å². The summed E-state index contributed by atoms with van der Waals surface area (Å²) in [5.74, 6) is 3.03. The summed E-state index contributed by atoms with van der Waals surface area (Å²) in [5, 5.41) is 0. The molecule has 2 saturated carbocycles. The van der Waals surface area contributed by atoms with Crippen LogP contribution in [-0.4, -0.2) is 0 Å². The van der Waals surface area contributed by atoms with E-state index in [1.165, 1.54) is 19.3 Å². The topological polar surface area (TPSA) is 0 Å². The molecule has 0 spiro atoms. The van der Waals surface area contributed by atoms with Crippen molar-refractivity contribution in [3.8, 4) is 0 Å². The van der Waals surface area contributed by atoms with E-state index in [4.69, 9.17) is 0 Å². The van der Waals surface area contributed by atoms with Gasteiger partial charge in [0.2, 0.25) is 0 Å². The molecule has 2 rings (SSSR count). The monoisotopic (exact) mass is 180 g/mol. The lowest BCUT2D eigenvalue weighted by atomic mass is 9.69. The first kappa shape index (κ1) is 9.55. The molecule has 0 heterocycles. The largest absolute Gasteiger partial charge is 0.0599 e. The van der Waals surface area contributed by atoms with E-state index in [-0.39, 0.29) is 0 Å². The second-order valence-electron chi connectivity index (χ2n) is 6.91. The summed E-state index contributed by atoms with van der Waals surface area (Å²) in [6.07, 6.45) is 4.50. The van der Waals surface area contributed by atoms with Gasteiger partial charge in [-0.05, 0) is 47.8 Å². The summed E-state index contributed by atoms with van der Waals surface area (Å²) in [6, 6.07) is 0. The normalized spacial score (nSPS) is 42.7. The Morgan fingerprint density at radius 1 is 1.08 bits per heavy atom. The maximum absolute atomic E-state index is 2.50. The Bertz CT molecular complexity index is 207. The maximum atomic E-state index is 2.50. The summed E-state index contributed by atoms with van der Waals surface area (Å²) in [5.41, 5.74) is 1.19. The Kier molecular flexibility index (Phi) is 1.85. The van der Waals surface area contributed by atoms with Gasteiger partial charge in [0.05, 0.1) is 0 Å². The van der Waals surface area contributed by atoms with Gasteiger partial charge in [-0.25, -0.2) is 0 Å². The molecule has 0 aromatic rings. The molecule has 2 aliphatic carbocycles. The Labute approximate surface area is 83.1 Å². The van der Waals surface area contributed by atoms with Crippen molar-refractivity contribution in [2.24, 2.45) is 28.6 Å². The molecule has 0 radical (unpaired) electrons. The molecule has 0 heteroatoms. The zero-order chi connectivity index (χ0) is 9.85. The van der Waals surface area contributed by atoms with E-state index >= 15 is 0 Å². The zero-order valence-electron chi connectivity index (χ0n) is 9.85. The minimum atomic E-state index is 0.539. The molecular weight excluding hydrogens is 156 g/mol. The van der Waals surface area contributed by atoms with Crippen molar-refractivity contribution in [1.82, 2.24) is 0 Å². The van der Waals surface area contributed by atoms with Crippen LogP contribution in [0.1, 0.15) is 53.9 Å². The molecular formula is C13H24. The van der Waals surface area contributed by atoms with Gasteiger partial charge in [0, 0.05) is 0 Å². The molecule has 2 aliphatic rings. The molecule has 1 unspecified atom stereocenters.